The summed E-state index contributed by atoms with van der Waals surface area (Å²) in [6.07, 6.45) is 2.14. The number of amides is 3. The van der Waals surface area contributed by atoms with Gasteiger partial charge < -0.3 is 14.5 Å². The lowest BCUT2D eigenvalue weighted by Crippen LogP contribution is -2.39. The van der Waals surface area contributed by atoms with Crippen LogP contribution in [0.25, 0.3) is 0 Å². The minimum atomic E-state index is -0.624. The predicted molar refractivity (Wildman–Crippen MR) is 89.2 cm³/mol. The second kappa shape index (κ2) is 9.69. The SMILES string of the molecule is COCCCn1c(SCC(=O)NC(=O)NCc2ccco2)n[nH]c1=O. The maximum Gasteiger partial charge on any atom is 0.343 e. The summed E-state index contributed by atoms with van der Waals surface area (Å²) >= 11 is 1.06. The quantitative estimate of drug-likeness (QED) is 0.428. The van der Waals surface area contributed by atoms with Gasteiger partial charge in [0.05, 0.1) is 18.6 Å². The molecule has 0 saturated heterocycles. The minimum Gasteiger partial charge on any atom is -0.467 e. The molecule has 0 aliphatic rings. The molecule has 0 unspecified atom stereocenters. The van der Waals surface area contributed by atoms with Gasteiger partial charge in [-0.2, -0.15) is 0 Å². The summed E-state index contributed by atoms with van der Waals surface area (Å²) in [4.78, 5) is 35.1. The van der Waals surface area contributed by atoms with E-state index in [9.17, 15) is 14.4 Å². The fraction of sp³-hybridized carbons (Fsp3) is 0.429. The number of aromatic amines is 1. The van der Waals surface area contributed by atoms with Crippen LogP contribution < -0.4 is 16.3 Å². The van der Waals surface area contributed by atoms with Crippen LogP contribution in [0.5, 0.6) is 0 Å². The first kappa shape index (κ1) is 18.8. The number of methoxy groups -OCH3 is 1. The Morgan fingerprint density at radius 3 is 3.04 bits per heavy atom. The number of aromatic nitrogens is 3. The van der Waals surface area contributed by atoms with Crippen molar-refractivity contribution in [2.75, 3.05) is 19.5 Å². The maximum atomic E-state index is 11.8. The number of H-pyrrole nitrogens is 1. The maximum absolute atomic E-state index is 11.8. The smallest absolute Gasteiger partial charge is 0.343 e. The van der Waals surface area contributed by atoms with Crippen molar-refractivity contribution in [2.45, 2.75) is 24.7 Å². The van der Waals surface area contributed by atoms with Crippen molar-refractivity contribution >= 4 is 23.7 Å². The minimum absolute atomic E-state index is 0.0528. The van der Waals surface area contributed by atoms with E-state index >= 15 is 0 Å². The molecule has 0 aromatic carbocycles. The molecule has 0 bridgehead atoms. The van der Waals surface area contributed by atoms with E-state index in [0.717, 1.165) is 11.8 Å². The monoisotopic (exact) mass is 369 g/mol. The average molecular weight is 369 g/mol. The number of carbonyl (C=O) groups is 2. The highest BCUT2D eigenvalue weighted by Gasteiger charge is 2.13. The van der Waals surface area contributed by atoms with E-state index in [2.05, 4.69) is 20.8 Å². The van der Waals surface area contributed by atoms with Crippen molar-refractivity contribution in [1.29, 1.82) is 0 Å². The van der Waals surface area contributed by atoms with Crippen LogP contribution in [0.4, 0.5) is 4.79 Å². The first-order chi connectivity index (χ1) is 12.1. The summed E-state index contributed by atoms with van der Waals surface area (Å²) in [6.45, 7) is 1.12. The summed E-state index contributed by atoms with van der Waals surface area (Å²) < 4.78 is 11.4. The summed E-state index contributed by atoms with van der Waals surface area (Å²) in [6, 6.07) is 2.78. The third kappa shape index (κ3) is 6.12. The van der Waals surface area contributed by atoms with Crippen LogP contribution in [0.15, 0.2) is 32.8 Å². The van der Waals surface area contributed by atoms with Crippen molar-refractivity contribution in [3.05, 3.63) is 34.6 Å². The number of hydrogen-bond donors (Lipinski definition) is 3. The molecule has 2 heterocycles. The van der Waals surface area contributed by atoms with E-state index < -0.39 is 11.9 Å². The Kier molecular flexibility index (Phi) is 7.29. The van der Waals surface area contributed by atoms with Crippen molar-refractivity contribution < 1.29 is 18.7 Å². The Bertz CT molecular complexity index is 739. The molecule has 0 aliphatic heterocycles. The van der Waals surface area contributed by atoms with E-state index in [-0.39, 0.29) is 18.0 Å². The number of nitrogens with one attached hydrogen (secondary N) is 3. The zero-order valence-corrected chi connectivity index (χ0v) is 14.4. The predicted octanol–water partition coefficient (Wildman–Crippen LogP) is 0.319. The van der Waals surface area contributed by atoms with Gasteiger partial charge in [-0.25, -0.2) is 14.7 Å². The van der Waals surface area contributed by atoms with Crippen molar-refractivity contribution in [3.8, 4) is 0 Å². The lowest BCUT2D eigenvalue weighted by molar-refractivity contribution is -0.117. The molecule has 2 aromatic rings. The lowest BCUT2D eigenvalue weighted by atomic mass is 10.4. The number of imide groups is 1. The lowest BCUT2D eigenvalue weighted by Gasteiger charge is -2.06. The van der Waals surface area contributed by atoms with E-state index in [1.165, 1.54) is 10.8 Å². The highest BCUT2D eigenvalue weighted by atomic mass is 32.2. The van der Waals surface area contributed by atoms with Crippen LogP contribution in [0.1, 0.15) is 12.2 Å². The van der Waals surface area contributed by atoms with Gasteiger partial charge in [-0.05, 0) is 18.6 Å². The van der Waals surface area contributed by atoms with Gasteiger partial charge >= 0.3 is 11.7 Å². The second-order valence-corrected chi connectivity index (χ2v) is 5.85. The van der Waals surface area contributed by atoms with E-state index in [1.807, 2.05) is 0 Å². The Morgan fingerprint density at radius 1 is 1.48 bits per heavy atom. The van der Waals surface area contributed by atoms with Crippen LogP contribution in [0.3, 0.4) is 0 Å². The zero-order chi connectivity index (χ0) is 18.1. The third-order valence-electron chi connectivity index (χ3n) is 3.04. The molecular formula is C14H19N5O5S. The number of carbonyl (C=O) groups excluding carboxylic acids is 2. The molecule has 0 atom stereocenters. The summed E-state index contributed by atoms with van der Waals surface area (Å²) in [7, 11) is 1.58. The fourth-order valence-electron chi connectivity index (χ4n) is 1.90. The molecule has 10 nitrogen and oxygen atoms in total. The Labute approximate surface area is 147 Å². The van der Waals surface area contributed by atoms with Crippen LogP contribution >= 0.6 is 11.8 Å². The Balaban J connectivity index is 1.75. The Hall–Kier alpha value is -2.53. The van der Waals surface area contributed by atoms with Crippen LogP contribution in [-0.4, -0.2) is 46.2 Å². The zero-order valence-electron chi connectivity index (χ0n) is 13.6. The molecule has 0 spiro atoms. The fourth-order valence-corrected chi connectivity index (χ4v) is 2.67. The average Bonchev–Trinajstić information content (AvgIpc) is 3.22. The van der Waals surface area contributed by atoms with Gasteiger partial charge in [-0.1, -0.05) is 11.8 Å². The molecule has 0 radical (unpaired) electrons. The number of thioether (sulfide) groups is 1. The Morgan fingerprint density at radius 2 is 2.32 bits per heavy atom. The van der Waals surface area contributed by atoms with E-state index in [4.69, 9.17) is 9.15 Å². The highest BCUT2D eigenvalue weighted by Crippen LogP contribution is 2.12. The molecule has 0 aliphatic carbocycles. The molecule has 3 N–H and O–H groups in total. The first-order valence-corrected chi connectivity index (χ1v) is 8.45. The molecule has 0 saturated carbocycles. The standard InChI is InChI=1S/C14H19N5O5S/c1-23-6-3-5-19-13(22)17-18-14(19)25-9-11(20)16-12(21)15-8-10-4-2-7-24-10/h2,4,7H,3,5-6,8-9H2,1H3,(H,17,22)(H2,15,16,20,21). The van der Waals surface area contributed by atoms with Crippen LogP contribution in [-0.2, 0) is 22.6 Å². The highest BCUT2D eigenvalue weighted by molar-refractivity contribution is 7.99. The molecular weight excluding hydrogens is 350 g/mol. The summed E-state index contributed by atoms with van der Waals surface area (Å²) in [5.41, 5.74) is -0.352. The molecule has 3 amide bonds. The van der Waals surface area contributed by atoms with Crippen LogP contribution in [0, 0.1) is 0 Å². The third-order valence-corrected chi connectivity index (χ3v) is 4.02. The molecule has 136 valence electrons. The van der Waals surface area contributed by atoms with Crippen molar-refractivity contribution in [1.82, 2.24) is 25.4 Å². The normalized spacial score (nSPS) is 10.6. The number of nitrogens with zero attached hydrogens (tertiary/aromatic N) is 2. The first-order valence-electron chi connectivity index (χ1n) is 7.47. The number of rotatable bonds is 9. The number of hydrogen-bond acceptors (Lipinski definition) is 7. The van der Waals surface area contributed by atoms with Crippen molar-refractivity contribution in [2.24, 2.45) is 0 Å². The van der Waals surface area contributed by atoms with Gasteiger partial charge in [0.25, 0.3) is 0 Å². The molecule has 0 fully saturated rings. The molecule has 25 heavy (non-hydrogen) atoms. The molecule has 11 heteroatoms. The molecule has 2 rings (SSSR count). The van der Waals surface area contributed by atoms with Gasteiger partial charge in [-0.15, -0.1) is 5.10 Å². The summed E-state index contributed by atoms with van der Waals surface area (Å²) in [5.74, 6) is 0.0253. The van der Waals surface area contributed by atoms with Gasteiger partial charge in [-0.3, -0.25) is 14.7 Å². The van der Waals surface area contributed by atoms with Gasteiger partial charge in [0, 0.05) is 20.3 Å². The van der Waals surface area contributed by atoms with Gasteiger partial charge in [0.1, 0.15) is 5.76 Å². The topological polar surface area (TPSA) is 131 Å². The number of ether oxygens (including phenoxy) is 1. The summed E-state index contributed by atoms with van der Waals surface area (Å²) in [5, 5.41) is 11.3. The largest absolute Gasteiger partial charge is 0.467 e. The van der Waals surface area contributed by atoms with E-state index in [1.54, 1.807) is 19.2 Å². The van der Waals surface area contributed by atoms with Crippen LogP contribution in [0.2, 0.25) is 0 Å². The van der Waals surface area contributed by atoms with E-state index in [0.29, 0.717) is 30.5 Å². The number of furan rings is 1. The second-order valence-electron chi connectivity index (χ2n) is 4.91. The van der Waals surface area contributed by atoms with Gasteiger partial charge in [0.2, 0.25) is 5.91 Å². The molecule has 2 aromatic heterocycles. The van der Waals surface area contributed by atoms with Crippen molar-refractivity contribution in [3.63, 3.8) is 0 Å². The number of urea groups is 1. The van der Waals surface area contributed by atoms with Gasteiger partial charge in [0.15, 0.2) is 5.16 Å².